The molecule has 1 atom stereocenters. The number of nitrogens with zero attached hydrogens (tertiary/aromatic N) is 3. The van der Waals surface area contributed by atoms with E-state index < -0.39 is 17.5 Å². The fourth-order valence-electron chi connectivity index (χ4n) is 2.87. The monoisotopic (exact) mass is 409 g/mol. The van der Waals surface area contributed by atoms with E-state index in [-0.39, 0.29) is 41.2 Å². The first-order chi connectivity index (χ1) is 13.5. The van der Waals surface area contributed by atoms with Crippen molar-refractivity contribution in [3.8, 4) is 17.5 Å². The van der Waals surface area contributed by atoms with Crippen LogP contribution < -0.4 is 14.4 Å². The summed E-state index contributed by atoms with van der Waals surface area (Å²) in [5.74, 6) is -1.04. The second-order valence-electron chi connectivity index (χ2n) is 6.93. The number of carbonyl (C=O) groups is 2. The van der Waals surface area contributed by atoms with Crippen molar-refractivity contribution in [2.75, 3.05) is 4.90 Å². The molecule has 0 spiro atoms. The van der Waals surface area contributed by atoms with E-state index in [1.54, 1.807) is 6.92 Å². The van der Waals surface area contributed by atoms with Gasteiger partial charge in [0.25, 0.3) is 0 Å². The first kappa shape index (κ1) is 20.6. The third kappa shape index (κ3) is 4.30. The van der Waals surface area contributed by atoms with Gasteiger partial charge in [0.1, 0.15) is 11.5 Å². The number of benzene rings is 1. The molecule has 7 nitrogen and oxygen atoms in total. The van der Waals surface area contributed by atoms with Gasteiger partial charge in [-0.1, -0.05) is 19.9 Å². The zero-order valence-electron chi connectivity index (χ0n) is 15.9. The van der Waals surface area contributed by atoms with Gasteiger partial charge in [-0.2, -0.15) is 0 Å². The molecule has 1 fully saturated rings. The molecule has 0 radical (unpaired) electrons. The summed E-state index contributed by atoms with van der Waals surface area (Å²) in [5, 5.41) is 0. The molecule has 2 aromatic rings. The molecule has 1 aliphatic rings. The fourth-order valence-corrected chi connectivity index (χ4v) is 2.87. The topological polar surface area (TPSA) is 81.6 Å². The van der Waals surface area contributed by atoms with Crippen LogP contribution in [0.4, 0.5) is 18.9 Å². The SMILES string of the molecule is CC[C@@]1(C)CC(=O)N(c2cnc(Oc3ccc(C)c(OC(F)(F)F)c3)nc2)C1=O. The van der Waals surface area contributed by atoms with E-state index in [2.05, 4.69) is 14.7 Å². The maximum Gasteiger partial charge on any atom is 0.573 e. The number of anilines is 1. The maximum atomic E-state index is 12.5. The van der Waals surface area contributed by atoms with Gasteiger partial charge in [0, 0.05) is 12.5 Å². The Morgan fingerprint density at radius 3 is 2.41 bits per heavy atom. The van der Waals surface area contributed by atoms with Crippen molar-refractivity contribution in [2.45, 2.75) is 40.0 Å². The highest BCUT2D eigenvalue weighted by Gasteiger charge is 2.47. The van der Waals surface area contributed by atoms with Crippen LogP contribution >= 0.6 is 0 Å². The largest absolute Gasteiger partial charge is 0.573 e. The van der Waals surface area contributed by atoms with E-state index in [4.69, 9.17) is 4.74 Å². The van der Waals surface area contributed by atoms with Crippen molar-refractivity contribution in [2.24, 2.45) is 5.41 Å². The summed E-state index contributed by atoms with van der Waals surface area (Å²) < 4.78 is 46.7. The molecule has 2 amide bonds. The van der Waals surface area contributed by atoms with Crippen LogP contribution in [0.3, 0.4) is 0 Å². The second kappa shape index (κ2) is 7.34. The van der Waals surface area contributed by atoms with Gasteiger partial charge < -0.3 is 9.47 Å². The van der Waals surface area contributed by atoms with E-state index in [1.807, 2.05) is 6.92 Å². The Labute approximate surface area is 164 Å². The lowest BCUT2D eigenvalue weighted by Gasteiger charge is -2.19. The molecule has 1 saturated heterocycles. The van der Waals surface area contributed by atoms with Gasteiger partial charge in [0.2, 0.25) is 11.8 Å². The summed E-state index contributed by atoms with van der Waals surface area (Å²) in [7, 11) is 0. The Morgan fingerprint density at radius 2 is 1.86 bits per heavy atom. The lowest BCUT2D eigenvalue weighted by molar-refractivity contribution is -0.274. The number of hydrogen-bond acceptors (Lipinski definition) is 6. The minimum atomic E-state index is -4.83. The number of aromatic nitrogens is 2. The predicted molar refractivity (Wildman–Crippen MR) is 95.5 cm³/mol. The molecule has 0 saturated carbocycles. The van der Waals surface area contributed by atoms with Gasteiger partial charge in [0.15, 0.2) is 0 Å². The standard InChI is InChI=1S/C19H18F3N3O4/c1-4-18(3)8-15(26)25(16(18)27)12-9-23-17(24-10-12)28-13-6-5-11(2)14(7-13)29-19(20,21)22/h5-7,9-10H,4,8H2,1-3H3/t18-/m0/s1. The highest BCUT2D eigenvalue weighted by molar-refractivity contribution is 6.22. The van der Waals surface area contributed by atoms with Crippen LogP contribution in [-0.4, -0.2) is 28.1 Å². The predicted octanol–water partition coefficient (Wildman–Crippen LogP) is 4.16. The van der Waals surface area contributed by atoms with Crippen LogP contribution in [0.5, 0.6) is 17.5 Å². The maximum absolute atomic E-state index is 12.5. The lowest BCUT2D eigenvalue weighted by Crippen LogP contribution is -2.34. The quantitative estimate of drug-likeness (QED) is 0.690. The summed E-state index contributed by atoms with van der Waals surface area (Å²) in [6.07, 6.45) is -1.71. The second-order valence-corrected chi connectivity index (χ2v) is 6.93. The normalized spacial score (nSPS) is 19.6. The number of rotatable bonds is 5. The Balaban J connectivity index is 1.77. The van der Waals surface area contributed by atoms with E-state index >= 15 is 0 Å². The van der Waals surface area contributed by atoms with Crippen LogP contribution in [0, 0.1) is 12.3 Å². The van der Waals surface area contributed by atoms with Crippen LogP contribution in [-0.2, 0) is 9.59 Å². The van der Waals surface area contributed by atoms with Crippen LogP contribution in [0.2, 0.25) is 0 Å². The zero-order valence-corrected chi connectivity index (χ0v) is 15.9. The average Bonchev–Trinajstić information content (AvgIpc) is 2.87. The third-order valence-corrected chi connectivity index (χ3v) is 4.76. The number of imide groups is 1. The van der Waals surface area contributed by atoms with Gasteiger partial charge in [-0.15, -0.1) is 13.2 Å². The van der Waals surface area contributed by atoms with Crippen molar-refractivity contribution in [3.05, 3.63) is 36.2 Å². The molecule has 3 rings (SSSR count). The molecule has 29 heavy (non-hydrogen) atoms. The molecule has 2 heterocycles. The molecular weight excluding hydrogens is 391 g/mol. The van der Waals surface area contributed by atoms with E-state index in [1.165, 1.54) is 31.5 Å². The van der Waals surface area contributed by atoms with Gasteiger partial charge >= 0.3 is 12.4 Å². The van der Waals surface area contributed by atoms with Crippen molar-refractivity contribution >= 4 is 17.5 Å². The molecular formula is C19H18F3N3O4. The average molecular weight is 409 g/mol. The van der Waals surface area contributed by atoms with Crippen molar-refractivity contribution < 1.29 is 32.2 Å². The van der Waals surface area contributed by atoms with E-state index in [0.29, 0.717) is 6.42 Å². The number of hydrogen-bond donors (Lipinski definition) is 0. The Bertz CT molecular complexity index is 947. The fraction of sp³-hybridized carbons (Fsp3) is 0.368. The molecule has 154 valence electrons. The Morgan fingerprint density at radius 1 is 1.21 bits per heavy atom. The smallest absolute Gasteiger partial charge is 0.424 e. The van der Waals surface area contributed by atoms with Crippen LogP contribution in [0.15, 0.2) is 30.6 Å². The van der Waals surface area contributed by atoms with E-state index in [9.17, 15) is 22.8 Å². The van der Waals surface area contributed by atoms with Crippen molar-refractivity contribution in [1.82, 2.24) is 9.97 Å². The summed E-state index contributed by atoms with van der Waals surface area (Å²) >= 11 is 0. The molecule has 0 aliphatic carbocycles. The number of aryl methyl sites for hydroxylation is 1. The minimum Gasteiger partial charge on any atom is -0.424 e. The van der Waals surface area contributed by atoms with Crippen LogP contribution in [0.1, 0.15) is 32.3 Å². The minimum absolute atomic E-state index is 0.0366. The van der Waals surface area contributed by atoms with Gasteiger partial charge in [0.05, 0.1) is 23.5 Å². The number of alkyl halides is 3. The third-order valence-electron chi connectivity index (χ3n) is 4.76. The van der Waals surface area contributed by atoms with Gasteiger partial charge in [-0.3, -0.25) is 9.59 Å². The highest BCUT2D eigenvalue weighted by atomic mass is 19.4. The Kier molecular flexibility index (Phi) is 5.20. The molecule has 1 aromatic heterocycles. The summed E-state index contributed by atoms with van der Waals surface area (Å²) in [5.41, 5.74) is -0.284. The van der Waals surface area contributed by atoms with Crippen LogP contribution in [0.25, 0.3) is 0 Å². The summed E-state index contributed by atoms with van der Waals surface area (Å²) in [4.78, 5) is 33.7. The van der Waals surface area contributed by atoms with Gasteiger partial charge in [-0.05, 0) is 25.0 Å². The first-order valence-corrected chi connectivity index (χ1v) is 8.76. The summed E-state index contributed by atoms with van der Waals surface area (Å²) in [6.45, 7) is 5.02. The van der Waals surface area contributed by atoms with Crippen molar-refractivity contribution in [1.29, 1.82) is 0 Å². The van der Waals surface area contributed by atoms with Crippen molar-refractivity contribution in [3.63, 3.8) is 0 Å². The molecule has 0 N–H and O–H groups in total. The molecule has 10 heteroatoms. The molecule has 0 bridgehead atoms. The highest BCUT2D eigenvalue weighted by Crippen LogP contribution is 2.38. The van der Waals surface area contributed by atoms with Gasteiger partial charge in [-0.25, -0.2) is 14.9 Å². The zero-order chi connectivity index (χ0) is 21.4. The Hall–Kier alpha value is -3.17. The number of halogens is 3. The lowest BCUT2D eigenvalue weighted by atomic mass is 9.86. The molecule has 0 unspecified atom stereocenters. The summed E-state index contributed by atoms with van der Waals surface area (Å²) in [6, 6.07) is 3.75. The first-order valence-electron chi connectivity index (χ1n) is 8.76. The van der Waals surface area contributed by atoms with E-state index in [0.717, 1.165) is 11.0 Å². The molecule has 1 aliphatic heterocycles. The number of amides is 2. The number of carbonyl (C=O) groups excluding carboxylic acids is 2. The molecule has 1 aromatic carbocycles. The number of ether oxygens (including phenoxy) is 2.